The van der Waals surface area contributed by atoms with Gasteiger partial charge in [-0.15, -0.1) is 0 Å². The van der Waals surface area contributed by atoms with Crippen molar-refractivity contribution in [1.29, 1.82) is 0 Å². The van der Waals surface area contributed by atoms with Gasteiger partial charge in [-0.3, -0.25) is 4.79 Å². The van der Waals surface area contributed by atoms with E-state index in [1.807, 2.05) is 48.5 Å². The maximum atomic E-state index is 12.4. The lowest BCUT2D eigenvalue weighted by Crippen LogP contribution is -2.24. The maximum absolute atomic E-state index is 12.4. The quantitative estimate of drug-likeness (QED) is 0.523. The topological polar surface area (TPSA) is 59.8 Å². The van der Waals surface area contributed by atoms with Crippen LogP contribution in [0, 0.1) is 6.92 Å². The molecule has 0 unspecified atom stereocenters. The first-order valence-corrected chi connectivity index (χ1v) is 9.86. The van der Waals surface area contributed by atoms with E-state index in [9.17, 15) is 4.79 Å². The maximum Gasteiger partial charge on any atom is 0.220 e. The van der Waals surface area contributed by atoms with Gasteiger partial charge in [-0.1, -0.05) is 54.6 Å². The van der Waals surface area contributed by atoms with Gasteiger partial charge in [-0.05, 0) is 35.7 Å². The van der Waals surface area contributed by atoms with E-state index < -0.39 is 0 Å². The number of hydrogen-bond donors (Lipinski definition) is 1. The minimum atomic E-state index is 0.0273. The van der Waals surface area contributed by atoms with Gasteiger partial charge in [-0.2, -0.15) is 0 Å². The van der Waals surface area contributed by atoms with E-state index in [1.165, 1.54) is 11.1 Å². The first-order chi connectivity index (χ1) is 14.2. The third kappa shape index (κ3) is 4.51. The Morgan fingerprint density at radius 3 is 2.62 bits per heavy atom. The van der Waals surface area contributed by atoms with Crippen LogP contribution in [-0.2, 0) is 24.3 Å². The number of benzene rings is 2. The molecule has 5 nitrogen and oxygen atoms in total. The molecule has 29 heavy (non-hydrogen) atoms. The van der Waals surface area contributed by atoms with Crippen LogP contribution in [-0.4, -0.2) is 20.4 Å². The Labute approximate surface area is 170 Å². The number of nitrogens with zero attached hydrogens (tertiary/aromatic N) is 3. The van der Waals surface area contributed by atoms with Gasteiger partial charge in [0.15, 0.2) is 5.65 Å². The van der Waals surface area contributed by atoms with Crippen molar-refractivity contribution in [2.24, 2.45) is 0 Å². The van der Waals surface area contributed by atoms with E-state index >= 15 is 0 Å². The van der Waals surface area contributed by atoms with E-state index in [0.717, 1.165) is 22.6 Å². The summed E-state index contributed by atoms with van der Waals surface area (Å²) in [5.74, 6) is 0.910. The molecule has 0 spiro atoms. The zero-order valence-electron chi connectivity index (χ0n) is 16.5. The van der Waals surface area contributed by atoms with E-state index in [-0.39, 0.29) is 5.91 Å². The van der Waals surface area contributed by atoms with Gasteiger partial charge < -0.3 is 9.88 Å². The van der Waals surface area contributed by atoms with Crippen molar-refractivity contribution in [2.45, 2.75) is 32.9 Å². The number of fused-ring (bicyclic) bond motifs is 1. The third-order valence-corrected chi connectivity index (χ3v) is 5.08. The number of rotatable bonds is 7. The summed E-state index contributed by atoms with van der Waals surface area (Å²) in [4.78, 5) is 21.7. The van der Waals surface area contributed by atoms with E-state index in [4.69, 9.17) is 4.98 Å². The van der Waals surface area contributed by atoms with Crippen molar-refractivity contribution < 1.29 is 4.79 Å². The van der Waals surface area contributed by atoms with Crippen LogP contribution in [0.15, 0.2) is 72.9 Å². The van der Waals surface area contributed by atoms with Gasteiger partial charge in [-0.25, -0.2) is 9.97 Å². The summed E-state index contributed by atoms with van der Waals surface area (Å²) in [6.45, 7) is 3.29. The van der Waals surface area contributed by atoms with Crippen LogP contribution >= 0.6 is 0 Å². The summed E-state index contributed by atoms with van der Waals surface area (Å²) in [5.41, 5.74) is 5.22. The number of carbonyl (C=O) groups is 1. The van der Waals surface area contributed by atoms with Crippen LogP contribution in [0.5, 0.6) is 0 Å². The molecule has 0 radical (unpaired) electrons. The van der Waals surface area contributed by atoms with Crippen molar-refractivity contribution in [1.82, 2.24) is 19.9 Å². The predicted octanol–water partition coefficient (Wildman–Crippen LogP) is 4.04. The Balaban J connectivity index is 1.46. The Hall–Kier alpha value is -3.47. The SMILES string of the molecule is Cc1ccccc1CNC(=O)CCc1nc2cccnc2n1Cc1ccccc1. The highest BCUT2D eigenvalue weighted by Gasteiger charge is 2.13. The summed E-state index contributed by atoms with van der Waals surface area (Å²) in [6, 6.07) is 22.2. The molecular formula is C24H24N4O. The number of nitrogens with one attached hydrogen (secondary N) is 1. The number of imidazole rings is 1. The first kappa shape index (κ1) is 18.9. The second kappa shape index (κ2) is 8.69. The molecule has 0 bridgehead atoms. The molecular weight excluding hydrogens is 360 g/mol. The molecule has 0 atom stereocenters. The van der Waals surface area contributed by atoms with Crippen molar-refractivity contribution in [3.8, 4) is 0 Å². The third-order valence-electron chi connectivity index (χ3n) is 5.08. The first-order valence-electron chi connectivity index (χ1n) is 9.86. The molecule has 0 aliphatic heterocycles. The Morgan fingerprint density at radius 2 is 1.79 bits per heavy atom. The highest BCUT2D eigenvalue weighted by Crippen LogP contribution is 2.17. The molecule has 0 aliphatic carbocycles. The summed E-state index contributed by atoms with van der Waals surface area (Å²) in [7, 11) is 0. The fourth-order valence-corrected chi connectivity index (χ4v) is 3.44. The molecule has 0 aliphatic rings. The zero-order chi connectivity index (χ0) is 20.1. The molecule has 2 heterocycles. The highest BCUT2D eigenvalue weighted by atomic mass is 16.1. The van der Waals surface area contributed by atoms with Gasteiger partial charge in [0, 0.05) is 25.6 Å². The lowest BCUT2D eigenvalue weighted by molar-refractivity contribution is -0.121. The van der Waals surface area contributed by atoms with Gasteiger partial charge in [0.25, 0.3) is 0 Å². The fraction of sp³-hybridized carbons (Fsp3) is 0.208. The van der Waals surface area contributed by atoms with Crippen LogP contribution < -0.4 is 5.32 Å². The Kier molecular flexibility index (Phi) is 5.66. The molecule has 0 saturated carbocycles. The smallest absolute Gasteiger partial charge is 0.220 e. The van der Waals surface area contributed by atoms with Crippen molar-refractivity contribution >= 4 is 17.1 Å². The average molecular weight is 384 g/mol. The lowest BCUT2D eigenvalue weighted by Gasteiger charge is -2.10. The predicted molar refractivity (Wildman–Crippen MR) is 114 cm³/mol. The van der Waals surface area contributed by atoms with Gasteiger partial charge in [0.05, 0.1) is 6.54 Å². The summed E-state index contributed by atoms with van der Waals surface area (Å²) in [6.07, 6.45) is 2.75. The number of amides is 1. The van der Waals surface area contributed by atoms with Crippen molar-refractivity contribution in [2.75, 3.05) is 0 Å². The second-order valence-electron chi connectivity index (χ2n) is 7.15. The zero-order valence-corrected chi connectivity index (χ0v) is 16.5. The molecule has 4 rings (SSSR count). The number of aromatic nitrogens is 3. The largest absolute Gasteiger partial charge is 0.352 e. The Morgan fingerprint density at radius 1 is 1.00 bits per heavy atom. The molecule has 1 N–H and O–H groups in total. The standard InChI is InChI=1S/C24H24N4O/c1-18-8-5-6-11-20(18)16-26-23(29)14-13-22-27-21-12-7-15-25-24(21)28(22)17-19-9-3-2-4-10-19/h2-12,15H,13-14,16-17H2,1H3,(H,26,29). The van der Waals surface area contributed by atoms with Gasteiger partial charge in [0.1, 0.15) is 11.3 Å². The van der Waals surface area contributed by atoms with Gasteiger partial charge >= 0.3 is 0 Å². The molecule has 1 amide bonds. The lowest BCUT2D eigenvalue weighted by atomic mass is 10.1. The summed E-state index contributed by atoms with van der Waals surface area (Å²) < 4.78 is 2.11. The molecule has 4 aromatic rings. The molecule has 0 fully saturated rings. The van der Waals surface area contributed by atoms with E-state index in [2.05, 4.69) is 40.0 Å². The van der Waals surface area contributed by atoms with Crippen molar-refractivity contribution in [3.63, 3.8) is 0 Å². The molecule has 5 heteroatoms. The molecule has 2 aromatic carbocycles. The van der Waals surface area contributed by atoms with Gasteiger partial charge in [0.2, 0.25) is 5.91 Å². The van der Waals surface area contributed by atoms with Crippen molar-refractivity contribution in [3.05, 3.63) is 95.4 Å². The molecule has 0 saturated heterocycles. The van der Waals surface area contributed by atoms with Crippen LogP contribution in [0.3, 0.4) is 0 Å². The Bertz CT molecular complexity index is 1120. The van der Waals surface area contributed by atoms with Crippen LogP contribution in [0.4, 0.5) is 0 Å². The van der Waals surface area contributed by atoms with Crippen LogP contribution in [0.25, 0.3) is 11.2 Å². The number of pyridine rings is 1. The minimum absolute atomic E-state index is 0.0273. The van der Waals surface area contributed by atoms with Crippen LogP contribution in [0.1, 0.15) is 28.9 Å². The average Bonchev–Trinajstić information content (AvgIpc) is 3.10. The monoisotopic (exact) mass is 384 g/mol. The van der Waals surface area contributed by atoms with Crippen LogP contribution in [0.2, 0.25) is 0 Å². The molecule has 146 valence electrons. The summed E-state index contributed by atoms with van der Waals surface area (Å²) in [5, 5.41) is 3.02. The fourth-order valence-electron chi connectivity index (χ4n) is 3.44. The normalized spacial score (nSPS) is 10.9. The molecule has 2 aromatic heterocycles. The summed E-state index contributed by atoms with van der Waals surface area (Å²) >= 11 is 0. The highest BCUT2D eigenvalue weighted by molar-refractivity contribution is 5.76. The number of carbonyl (C=O) groups excluding carboxylic acids is 1. The van der Waals surface area contributed by atoms with E-state index in [0.29, 0.717) is 25.9 Å². The minimum Gasteiger partial charge on any atom is -0.352 e. The number of aryl methyl sites for hydroxylation is 2. The number of hydrogen-bond acceptors (Lipinski definition) is 3. The second-order valence-corrected chi connectivity index (χ2v) is 7.15. The van der Waals surface area contributed by atoms with E-state index in [1.54, 1.807) is 6.20 Å².